The zero-order valence-corrected chi connectivity index (χ0v) is 11.8. The summed E-state index contributed by atoms with van der Waals surface area (Å²) in [5.74, 6) is 1.16. The van der Waals surface area contributed by atoms with Crippen molar-refractivity contribution in [2.24, 2.45) is 17.6 Å². The number of likely N-dealkylation sites (tertiary alicyclic amines) is 2. The molecule has 18 heavy (non-hydrogen) atoms. The van der Waals surface area contributed by atoms with Crippen molar-refractivity contribution in [1.29, 1.82) is 0 Å². The van der Waals surface area contributed by atoms with E-state index in [4.69, 9.17) is 5.73 Å². The number of carbonyl (C=O) groups is 1. The molecule has 0 aromatic carbocycles. The van der Waals surface area contributed by atoms with Gasteiger partial charge < -0.3 is 15.5 Å². The largest absolute Gasteiger partial charge is 0.338 e. The fraction of sp³-hybridized carbons (Fsp3) is 0.929. The Kier molecular flexibility index (Phi) is 4.62. The van der Waals surface area contributed by atoms with E-state index in [-0.39, 0.29) is 12.0 Å². The van der Waals surface area contributed by atoms with Crippen molar-refractivity contribution in [3.05, 3.63) is 0 Å². The van der Waals surface area contributed by atoms with Crippen LogP contribution in [0.5, 0.6) is 0 Å². The van der Waals surface area contributed by atoms with Gasteiger partial charge in [0, 0.05) is 25.0 Å². The second kappa shape index (κ2) is 6.02. The van der Waals surface area contributed by atoms with Gasteiger partial charge in [-0.15, -0.1) is 0 Å². The van der Waals surface area contributed by atoms with Crippen LogP contribution in [-0.4, -0.2) is 55.0 Å². The molecule has 0 radical (unpaired) electrons. The summed E-state index contributed by atoms with van der Waals surface area (Å²) in [7, 11) is 2.13. The first kappa shape index (κ1) is 13.8. The number of hydrogen-bond acceptors (Lipinski definition) is 3. The minimum absolute atomic E-state index is 0.237. The average Bonchev–Trinajstić information content (AvgIpc) is 2.38. The summed E-state index contributed by atoms with van der Waals surface area (Å²) in [4.78, 5) is 17.0. The van der Waals surface area contributed by atoms with Crippen molar-refractivity contribution in [3.63, 3.8) is 0 Å². The molecule has 4 heteroatoms. The molecular formula is C14H27N3O. The summed E-state index contributed by atoms with van der Waals surface area (Å²) >= 11 is 0. The van der Waals surface area contributed by atoms with E-state index in [0.29, 0.717) is 18.4 Å². The summed E-state index contributed by atoms with van der Waals surface area (Å²) in [5, 5.41) is 0. The van der Waals surface area contributed by atoms with Gasteiger partial charge in [0.2, 0.25) is 5.91 Å². The smallest absolute Gasteiger partial charge is 0.226 e. The Bertz CT molecular complexity index is 287. The molecule has 2 atom stereocenters. The van der Waals surface area contributed by atoms with E-state index in [9.17, 15) is 4.79 Å². The van der Waals surface area contributed by atoms with Gasteiger partial charge in [-0.3, -0.25) is 4.79 Å². The van der Waals surface area contributed by atoms with E-state index in [0.717, 1.165) is 38.9 Å². The Morgan fingerprint density at radius 1 is 1.22 bits per heavy atom. The number of piperidine rings is 2. The summed E-state index contributed by atoms with van der Waals surface area (Å²) in [5.41, 5.74) is 5.87. The molecule has 0 spiro atoms. The molecule has 0 unspecified atom stereocenters. The number of rotatable bonds is 2. The highest BCUT2D eigenvalue weighted by molar-refractivity contribution is 5.79. The van der Waals surface area contributed by atoms with E-state index >= 15 is 0 Å². The van der Waals surface area contributed by atoms with Gasteiger partial charge in [0.25, 0.3) is 0 Å². The normalized spacial score (nSPS) is 31.6. The van der Waals surface area contributed by atoms with E-state index in [2.05, 4.69) is 23.8 Å². The molecule has 0 aromatic rings. The molecule has 4 nitrogen and oxygen atoms in total. The zero-order chi connectivity index (χ0) is 13.1. The molecule has 2 rings (SSSR count). The second-order valence-corrected chi connectivity index (χ2v) is 6.03. The lowest BCUT2D eigenvalue weighted by Crippen LogP contribution is -2.54. The first-order chi connectivity index (χ1) is 8.63. The van der Waals surface area contributed by atoms with Gasteiger partial charge in [-0.2, -0.15) is 0 Å². The van der Waals surface area contributed by atoms with Crippen LogP contribution in [0.25, 0.3) is 0 Å². The van der Waals surface area contributed by atoms with E-state index < -0.39 is 0 Å². The molecule has 104 valence electrons. The number of nitrogens with two attached hydrogens (primary N) is 1. The Hall–Kier alpha value is -0.610. The molecule has 0 aliphatic carbocycles. The highest BCUT2D eigenvalue weighted by atomic mass is 16.2. The van der Waals surface area contributed by atoms with Gasteiger partial charge in [-0.25, -0.2) is 0 Å². The van der Waals surface area contributed by atoms with Crippen molar-refractivity contribution in [3.8, 4) is 0 Å². The molecule has 2 N–H and O–H groups in total. The van der Waals surface area contributed by atoms with Crippen molar-refractivity contribution in [2.75, 3.05) is 33.2 Å². The maximum Gasteiger partial charge on any atom is 0.226 e. The maximum absolute atomic E-state index is 12.6. The SMILES string of the molecule is C[C@H]1CCCN(C(=O)C2CCN(C)CC2)[C@H]1CN. The van der Waals surface area contributed by atoms with Gasteiger partial charge >= 0.3 is 0 Å². The van der Waals surface area contributed by atoms with Gasteiger partial charge in [-0.1, -0.05) is 6.92 Å². The van der Waals surface area contributed by atoms with Crippen LogP contribution in [0.1, 0.15) is 32.6 Å². The number of nitrogens with zero attached hydrogens (tertiary/aromatic N) is 2. The lowest BCUT2D eigenvalue weighted by Gasteiger charge is -2.42. The Morgan fingerprint density at radius 2 is 1.89 bits per heavy atom. The van der Waals surface area contributed by atoms with Crippen molar-refractivity contribution < 1.29 is 4.79 Å². The molecule has 2 aliphatic heterocycles. The minimum atomic E-state index is 0.237. The van der Waals surface area contributed by atoms with E-state index in [1.165, 1.54) is 6.42 Å². The van der Waals surface area contributed by atoms with Crippen LogP contribution in [0.2, 0.25) is 0 Å². The lowest BCUT2D eigenvalue weighted by atomic mass is 9.88. The third-order valence-corrected chi connectivity index (χ3v) is 4.71. The highest BCUT2D eigenvalue weighted by Gasteiger charge is 2.35. The zero-order valence-electron chi connectivity index (χ0n) is 11.8. The third kappa shape index (κ3) is 2.86. The van der Waals surface area contributed by atoms with Crippen molar-refractivity contribution in [2.45, 2.75) is 38.6 Å². The topological polar surface area (TPSA) is 49.6 Å². The predicted molar refractivity (Wildman–Crippen MR) is 73.2 cm³/mol. The van der Waals surface area contributed by atoms with E-state index in [1.807, 2.05) is 0 Å². The summed E-state index contributed by atoms with van der Waals surface area (Å²) in [6.07, 6.45) is 4.37. The predicted octanol–water partition coefficient (Wildman–Crippen LogP) is 0.914. The quantitative estimate of drug-likeness (QED) is 0.796. The van der Waals surface area contributed by atoms with Crippen LogP contribution in [0.4, 0.5) is 0 Å². The molecule has 2 saturated heterocycles. The molecule has 1 amide bonds. The van der Waals surface area contributed by atoms with Gasteiger partial charge in [0.05, 0.1) is 0 Å². The van der Waals surface area contributed by atoms with Crippen molar-refractivity contribution in [1.82, 2.24) is 9.80 Å². The fourth-order valence-corrected chi connectivity index (χ4v) is 3.37. The Labute approximate surface area is 110 Å². The van der Waals surface area contributed by atoms with Crippen LogP contribution in [0.3, 0.4) is 0 Å². The first-order valence-corrected chi connectivity index (χ1v) is 7.32. The maximum atomic E-state index is 12.6. The number of carbonyl (C=O) groups excluding carboxylic acids is 1. The highest BCUT2D eigenvalue weighted by Crippen LogP contribution is 2.27. The molecule has 2 aliphatic rings. The summed E-state index contributed by atoms with van der Waals surface area (Å²) < 4.78 is 0. The van der Waals surface area contributed by atoms with Gasteiger partial charge in [0.1, 0.15) is 0 Å². The lowest BCUT2D eigenvalue weighted by molar-refractivity contribution is -0.142. The van der Waals surface area contributed by atoms with Crippen LogP contribution in [-0.2, 0) is 4.79 Å². The third-order valence-electron chi connectivity index (χ3n) is 4.71. The summed E-state index contributed by atoms with van der Waals surface area (Å²) in [6, 6.07) is 0.269. The average molecular weight is 253 g/mol. The van der Waals surface area contributed by atoms with Crippen LogP contribution in [0, 0.1) is 11.8 Å². The van der Waals surface area contributed by atoms with E-state index in [1.54, 1.807) is 0 Å². The van der Waals surface area contributed by atoms with Crippen LogP contribution in [0.15, 0.2) is 0 Å². The van der Waals surface area contributed by atoms with Crippen LogP contribution >= 0.6 is 0 Å². The monoisotopic (exact) mass is 253 g/mol. The standard InChI is InChI=1S/C14H27N3O/c1-11-4-3-7-17(13(11)10-15)14(18)12-5-8-16(2)9-6-12/h11-13H,3-10,15H2,1-2H3/t11-,13-/m0/s1. The second-order valence-electron chi connectivity index (χ2n) is 6.03. The minimum Gasteiger partial charge on any atom is -0.338 e. The molecule has 0 bridgehead atoms. The Morgan fingerprint density at radius 3 is 2.50 bits per heavy atom. The Balaban J connectivity index is 1.98. The van der Waals surface area contributed by atoms with Crippen LogP contribution < -0.4 is 5.73 Å². The van der Waals surface area contributed by atoms with Crippen molar-refractivity contribution >= 4 is 5.91 Å². The van der Waals surface area contributed by atoms with Gasteiger partial charge in [0.15, 0.2) is 0 Å². The number of amides is 1. The molecule has 2 heterocycles. The molecule has 2 fully saturated rings. The van der Waals surface area contributed by atoms with Gasteiger partial charge in [-0.05, 0) is 51.7 Å². The molecule has 0 saturated carbocycles. The number of hydrogen-bond donors (Lipinski definition) is 1. The molecule has 0 aromatic heterocycles. The first-order valence-electron chi connectivity index (χ1n) is 7.32. The molecular weight excluding hydrogens is 226 g/mol. The summed E-state index contributed by atoms with van der Waals surface area (Å²) in [6.45, 7) is 5.85. The fourth-order valence-electron chi connectivity index (χ4n) is 3.37.